The predicted octanol–water partition coefficient (Wildman–Crippen LogP) is 3.19. The van der Waals surface area contributed by atoms with Gasteiger partial charge < -0.3 is 4.52 Å². The third-order valence-corrected chi connectivity index (χ3v) is 3.32. The Morgan fingerprint density at radius 2 is 2.05 bits per heavy atom. The predicted molar refractivity (Wildman–Crippen MR) is 76.6 cm³/mol. The summed E-state index contributed by atoms with van der Waals surface area (Å²) in [5, 5.41) is 3.94. The zero-order valence-electron chi connectivity index (χ0n) is 12.3. The molecule has 0 spiro atoms. The number of benzene rings is 1. The number of ketones is 1. The third kappa shape index (κ3) is 3.76. The molecule has 106 valence electrons. The second kappa shape index (κ2) is 6.46. The van der Waals surface area contributed by atoms with E-state index < -0.39 is 0 Å². The minimum Gasteiger partial charge on any atom is -0.339 e. The van der Waals surface area contributed by atoms with E-state index in [0.717, 1.165) is 12.0 Å². The van der Waals surface area contributed by atoms with Crippen LogP contribution in [0.1, 0.15) is 48.2 Å². The van der Waals surface area contributed by atoms with Crippen molar-refractivity contribution in [3.8, 4) is 0 Å². The van der Waals surface area contributed by atoms with Crippen LogP contribution in [0, 0.1) is 13.8 Å². The molecule has 1 aromatic heterocycles. The molecule has 0 aliphatic rings. The molecule has 0 unspecified atom stereocenters. The number of Topliss-reactive ketones (excluding diaryl/α,β-unsaturated/α-hetero) is 1. The zero-order chi connectivity index (χ0) is 14.5. The number of carbonyl (C=O) groups is 1. The Hall–Kier alpha value is -1.97. The monoisotopic (exact) mass is 272 g/mol. The lowest BCUT2D eigenvalue weighted by Crippen LogP contribution is -2.02. The van der Waals surface area contributed by atoms with Gasteiger partial charge in [0.15, 0.2) is 5.82 Å². The van der Waals surface area contributed by atoms with Crippen LogP contribution in [0.25, 0.3) is 0 Å². The van der Waals surface area contributed by atoms with Crippen LogP contribution in [0.15, 0.2) is 22.7 Å². The van der Waals surface area contributed by atoms with Gasteiger partial charge in [-0.2, -0.15) is 4.98 Å². The summed E-state index contributed by atoms with van der Waals surface area (Å²) in [6.07, 6.45) is 2.29. The van der Waals surface area contributed by atoms with Gasteiger partial charge in [0.2, 0.25) is 5.89 Å². The highest BCUT2D eigenvalue weighted by Gasteiger charge is 2.11. The molecular weight excluding hydrogens is 252 g/mol. The fourth-order valence-corrected chi connectivity index (χ4v) is 2.07. The van der Waals surface area contributed by atoms with Gasteiger partial charge in [0.05, 0.1) is 6.42 Å². The van der Waals surface area contributed by atoms with Crippen molar-refractivity contribution in [3.05, 3.63) is 46.6 Å². The van der Waals surface area contributed by atoms with Gasteiger partial charge in [-0.25, -0.2) is 0 Å². The molecule has 4 nitrogen and oxygen atoms in total. The van der Waals surface area contributed by atoms with Crippen molar-refractivity contribution in [1.29, 1.82) is 0 Å². The lowest BCUT2D eigenvalue weighted by Gasteiger charge is -2.02. The van der Waals surface area contributed by atoms with Gasteiger partial charge in [-0.1, -0.05) is 30.3 Å². The van der Waals surface area contributed by atoms with Gasteiger partial charge in [-0.3, -0.25) is 4.79 Å². The van der Waals surface area contributed by atoms with Crippen LogP contribution in [0.5, 0.6) is 0 Å². The number of hydrogen-bond acceptors (Lipinski definition) is 4. The molecule has 0 saturated carbocycles. The fourth-order valence-electron chi connectivity index (χ4n) is 2.07. The summed E-state index contributed by atoms with van der Waals surface area (Å²) < 4.78 is 5.13. The molecule has 4 heteroatoms. The zero-order valence-corrected chi connectivity index (χ0v) is 12.3. The third-order valence-electron chi connectivity index (χ3n) is 3.32. The van der Waals surface area contributed by atoms with E-state index in [0.29, 0.717) is 24.6 Å². The van der Waals surface area contributed by atoms with Gasteiger partial charge in [-0.05, 0) is 37.0 Å². The van der Waals surface area contributed by atoms with Gasteiger partial charge in [0.25, 0.3) is 0 Å². The van der Waals surface area contributed by atoms with Crippen LogP contribution in [-0.2, 0) is 17.6 Å². The number of carbonyl (C=O) groups excluding carboxylic acids is 1. The Kier molecular flexibility index (Phi) is 4.66. The maximum Gasteiger partial charge on any atom is 0.234 e. The summed E-state index contributed by atoms with van der Waals surface area (Å²) in [6.45, 7) is 6.16. The van der Waals surface area contributed by atoms with Crippen molar-refractivity contribution in [2.45, 2.75) is 46.5 Å². The van der Waals surface area contributed by atoms with Crippen LogP contribution in [-0.4, -0.2) is 15.9 Å². The topological polar surface area (TPSA) is 56.0 Å². The fraction of sp³-hybridized carbons (Fsp3) is 0.438. The SMILES string of the molecule is CCCC(=O)Cc1nc(Cc2ccc(C)c(C)c2)no1. The number of nitrogens with zero attached hydrogens (tertiary/aromatic N) is 2. The van der Waals surface area contributed by atoms with E-state index >= 15 is 0 Å². The van der Waals surface area contributed by atoms with Crippen LogP contribution < -0.4 is 0 Å². The van der Waals surface area contributed by atoms with Crippen molar-refractivity contribution in [2.24, 2.45) is 0 Å². The molecular formula is C16H20N2O2. The van der Waals surface area contributed by atoms with Gasteiger partial charge in [0, 0.05) is 12.8 Å². The average Bonchev–Trinajstić information content (AvgIpc) is 2.81. The quantitative estimate of drug-likeness (QED) is 0.810. The summed E-state index contributed by atoms with van der Waals surface area (Å²) in [5.74, 6) is 1.20. The van der Waals surface area contributed by atoms with Crippen molar-refractivity contribution in [1.82, 2.24) is 10.1 Å². The summed E-state index contributed by atoms with van der Waals surface area (Å²) in [7, 11) is 0. The van der Waals surface area contributed by atoms with Crippen LogP contribution in [0.3, 0.4) is 0 Å². The molecule has 0 N–H and O–H groups in total. The van der Waals surface area contributed by atoms with Crippen molar-refractivity contribution >= 4 is 5.78 Å². The number of hydrogen-bond donors (Lipinski definition) is 0. The molecule has 1 heterocycles. The molecule has 0 bridgehead atoms. The summed E-state index contributed by atoms with van der Waals surface area (Å²) >= 11 is 0. The molecule has 2 aromatic rings. The van der Waals surface area contributed by atoms with Gasteiger partial charge in [-0.15, -0.1) is 0 Å². The summed E-state index contributed by atoms with van der Waals surface area (Å²) in [5.41, 5.74) is 3.68. The number of aromatic nitrogens is 2. The normalized spacial score (nSPS) is 10.8. The molecule has 0 amide bonds. The Balaban J connectivity index is 2.02. The molecule has 0 aliphatic carbocycles. The number of rotatable bonds is 6. The Labute approximate surface area is 119 Å². The first kappa shape index (κ1) is 14.4. The van der Waals surface area contributed by atoms with Crippen LogP contribution >= 0.6 is 0 Å². The molecule has 20 heavy (non-hydrogen) atoms. The molecule has 0 aliphatic heterocycles. The maximum absolute atomic E-state index is 11.5. The van der Waals surface area contributed by atoms with Crippen molar-refractivity contribution in [2.75, 3.05) is 0 Å². The van der Waals surface area contributed by atoms with E-state index in [-0.39, 0.29) is 12.2 Å². The van der Waals surface area contributed by atoms with Crippen LogP contribution in [0.4, 0.5) is 0 Å². The Morgan fingerprint density at radius 1 is 1.25 bits per heavy atom. The highest BCUT2D eigenvalue weighted by Crippen LogP contribution is 2.13. The molecule has 0 radical (unpaired) electrons. The Bertz CT molecular complexity index is 602. The summed E-state index contributed by atoms with van der Waals surface area (Å²) in [6, 6.07) is 6.30. The first-order valence-corrected chi connectivity index (χ1v) is 6.97. The summed E-state index contributed by atoms with van der Waals surface area (Å²) in [4.78, 5) is 15.8. The standard InChI is InChI=1S/C16H20N2O2/c1-4-5-14(19)10-16-17-15(18-20-16)9-13-7-6-11(2)12(3)8-13/h6-8H,4-5,9-10H2,1-3H3. The smallest absolute Gasteiger partial charge is 0.234 e. The van der Waals surface area contributed by atoms with Crippen molar-refractivity contribution in [3.63, 3.8) is 0 Å². The second-order valence-corrected chi connectivity index (χ2v) is 5.17. The number of aryl methyl sites for hydroxylation is 2. The van der Waals surface area contributed by atoms with E-state index in [9.17, 15) is 4.79 Å². The van der Waals surface area contributed by atoms with E-state index in [1.807, 2.05) is 6.92 Å². The molecule has 0 fully saturated rings. The highest BCUT2D eigenvalue weighted by atomic mass is 16.5. The highest BCUT2D eigenvalue weighted by molar-refractivity contribution is 5.79. The largest absolute Gasteiger partial charge is 0.339 e. The first-order chi connectivity index (χ1) is 9.58. The molecule has 0 atom stereocenters. The van der Waals surface area contributed by atoms with E-state index in [4.69, 9.17) is 4.52 Å². The maximum atomic E-state index is 11.5. The lowest BCUT2D eigenvalue weighted by molar-refractivity contribution is -0.118. The molecule has 1 aromatic carbocycles. The van der Waals surface area contributed by atoms with Crippen molar-refractivity contribution < 1.29 is 9.32 Å². The van der Waals surface area contributed by atoms with E-state index in [1.54, 1.807) is 0 Å². The first-order valence-electron chi connectivity index (χ1n) is 6.97. The van der Waals surface area contributed by atoms with Gasteiger partial charge >= 0.3 is 0 Å². The molecule has 2 rings (SSSR count). The van der Waals surface area contributed by atoms with E-state index in [1.165, 1.54) is 11.1 Å². The van der Waals surface area contributed by atoms with Crippen LogP contribution in [0.2, 0.25) is 0 Å². The van der Waals surface area contributed by atoms with E-state index in [2.05, 4.69) is 42.2 Å². The Morgan fingerprint density at radius 3 is 2.75 bits per heavy atom. The second-order valence-electron chi connectivity index (χ2n) is 5.17. The minimum atomic E-state index is 0.147. The molecule has 0 saturated heterocycles. The lowest BCUT2D eigenvalue weighted by atomic mass is 10.0. The average molecular weight is 272 g/mol. The van der Waals surface area contributed by atoms with Gasteiger partial charge in [0.1, 0.15) is 5.78 Å². The minimum absolute atomic E-state index is 0.147.